The molecule has 40 heavy (non-hydrogen) atoms. The average molecular weight is 583 g/mol. The van der Waals surface area contributed by atoms with Crippen LogP contribution in [0.15, 0.2) is 47.6 Å². The number of carbonyl (C=O) groups is 1. The SMILES string of the molecule is CCCCCCCCCCCCCC(=O)NC(C)c1nnc(SCc2ccccc2C)n1-c1cc(Cl)ccc1C. The second-order valence-corrected chi connectivity index (χ2v) is 12.3. The summed E-state index contributed by atoms with van der Waals surface area (Å²) in [7, 11) is 0. The van der Waals surface area contributed by atoms with Gasteiger partial charge in [0.05, 0.1) is 11.7 Å². The van der Waals surface area contributed by atoms with Crippen LogP contribution in [0.25, 0.3) is 5.69 Å². The molecule has 218 valence electrons. The van der Waals surface area contributed by atoms with E-state index in [1.54, 1.807) is 11.8 Å². The molecule has 1 aromatic heterocycles. The van der Waals surface area contributed by atoms with E-state index in [4.69, 9.17) is 11.6 Å². The van der Waals surface area contributed by atoms with Crippen molar-refractivity contribution in [1.82, 2.24) is 20.1 Å². The molecular formula is C33H47ClN4OS. The van der Waals surface area contributed by atoms with Crippen molar-refractivity contribution in [2.45, 2.75) is 122 Å². The maximum absolute atomic E-state index is 12.8. The van der Waals surface area contributed by atoms with Crippen LogP contribution in [0.4, 0.5) is 0 Å². The van der Waals surface area contributed by atoms with Crippen LogP contribution in [0.2, 0.25) is 5.02 Å². The second-order valence-electron chi connectivity index (χ2n) is 10.9. The maximum Gasteiger partial charge on any atom is 0.220 e. The van der Waals surface area contributed by atoms with Crippen LogP contribution < -0.4 is 5.32 Å². The van der Waals surface area contributed by atoms with Gasteiger partial charge in [-0.15, -0.1) is 10.2 Å². The standard InChI is InChI=1S/C33H47ClN4OS/c1-5-6-7-8-9-10-11-12-13-14-15-20-31(39)35-27(4)32-36-37-33(40-24-28-19-17-16-18-25(28)2)38(32)30-23-29(34)22-21-26(30)3/h16-19,21-23,27H,5-15,20,24H2,1-4H3,(H,35,39). The minimum atomic E-state index is -0.279. The van der Waals surface area contributed by atoms with E-state index < -0.39 is 0 Å². The lowest BCUT2D eigenvalue weighted by molar-refractivity contribution is -0.121. The number of rotatable bonds is 18. The van der Waals surface area contributed by atoms with Gasteiger partial charge in [-0.25, -0.2) is 0 Å². The van der Waals surface area contributed by atoms with Gasteiger partial charge in [0, 0.05) is 17.2 Å². The monoisotopic (exact) mass is 582 g/mol. The number of aromatic nitrogens is 3. The molecule has 0 aliphatic heterocycles. The largest absolute Gasteiger partial charge is 0.346 e. The number of benzene rings is 2. The van der Waals surface area contributed by atoms with Gasteiger partial charge in [-0.05, 0) is 56.0 Å². The zero-order valence-electron chi connectivity index (χ0n) is 24.8. The topological polar surface area (TPSA) is 59.8 Å². The Kier molecular flexibility index (Phi) is 14.1. The molecule has 1 heterocycles. The van der Waals surface area contributed by atoms with Gasteiger partial charge in [-0.2, -0.15) is 0 Å². The fourth-order valence-electron chi connectivity index (χ4n) is 4.95. The number of unbranched alkanes of at least 4 members (excludes halogenated alkanes) is 10. The highest BCUT2D eigenvalue weighted by molar-refractivity contribution is 7.98. The normalized spacial score (nSPS) is 12.0. The van der Waals surface area contributed by atoms with Crippen LogP contribution in [-0.4, -0.2) is 20.7 Å². The summed E-state index contributed by atoms with van der Waals surface area (Å²) in [6, 6.07) is 14.0. The summed E-state index contributed by atoms with van der Waals surface area (Å²) < 4.78 is 2.05. The Morgan fingerprint density at radius 3 is 2.23 bits per heavy atom. The summed E-state index contributed by atoms with van der Waals surface area (Å²) in [6.45, 7) is 8.43. The first-order valence-corrected chi connectivity index (χ1v) is 16.5. The van der Waals surface area contributed by atoms with Crippen molar-refractivity contribution in [3.05, 3.63) is 70.0 Å². The molecule has 1 N–H and O–H groups in total. The number of thioether (sulfide) groups is 1. The summed E-state index contributed by atoms with van der Waals surface area (Å²) in [6.07, 6.45) is 14.5. The minimum Gasteiger partial charge on any atom is -0.346 e. The van der Waals surface area contributed by atoms with Crippen molar-refractivity contribution < 1.29 is 4.79 Å². The van der Waals surface area contributed by atoms with Crippen molar-refractivity contribution in [2.24, 2.45) is 0 Å². The molecule has 1 amide bonds. The minimum absolute atomic E-state index is 0.0647. The Hall–Kier alpha value is -2.31. The zero-order valence-corrected chi connectivity index (χ0v) is 26.4. The number of hydrogen-bond acceptors (Lipinski definition) is 4. The highest BCUT2D eigenvalue weighted by atomic mass is 35.5. The fourth-order valence-corrected chi connectivity index (χ4v) is 6.14. The van der Waals surface area contributed by atoms with Gasteiger partial charge in [-0.1, -0.05) is 125 Å². The van der Waals surface area contributed by atoms with E-state index in [9.17, 15) is 4.79 Å². The fraction of sp³-hybridized carbons (Fsp3) is 0.545. The molecule has 0 radical (unpaired) electrons. The Bertz CT molecular complexity index is 1190. The predicted octanol–water partition coefficient (Wildman–Crippen LogP) is 9.71. The van der Waals surface area contributed by atoms with Crippen LogP contribution in [0, 0.1) is 13.8 Å². The summed E-state index contributed by atoms with van der Waals surface area (Å²) in [5, 5.41) is 13.7. The van der Waals surface area contributed by atoms with E-state index in [1.165, 1.54) is 68.9 Å². The van der Waals surface area contributed by atoms with Gasteiger partial charge in [0.25, 0.3) is 0 Å². The van der Waals surface area contributed by atoms with Gasteiger partial charge in [0.15, 0.2) is 11.0 Å². The lowest BCUT2D eigenvalue weighted by Crippen LogP contribution is -2.28. The summed E-state index contributed by atoms with van der Waals surface area (Å²) in [5.74, 6) is 1.56. The Morgan fingerprint density at radius 2 is 1.55 bits per heavy atom. The third kappa shape index (κ3) is 10.3. The molecule has 1 atom stereocenters. The molecule has 0 aliphatic carbocycles. The van der Waals surface area contributed by atoms with Crippen LogP contribution in [0.1, 0.15) is 119 Å². The van der Waals surface area contributed by atoms with Crippen LogP contribution in [-0.2, 0) is 10.5 Å². The molecule has 0 saturated heterocycles. The highest BCUT2D eigenvalue weighted by Gasteiger charge is 2.22. The number of hydrogen-bond donors (Lipinski definition) is 1. The molecule has 3 aromatic rings. The quantitative estimate of drug-likeness (QED) is 0.120. The maximum atomic E-state index is 12.8. The van der Waals surface area contributed by atoms with Gasteiger partial charge in [0.2, 0.25) is 5.91 Å². The lowest BCUT2D eigenvalue weighted by Gasteiger charge is -2.18. The summed E-state index contributed by atoms with van der Waals surface area (Å²) in [5.41, 5.74) is 4.52. The molecule has 0 bridgehead atoms. The molecular weight excluding hydrogens is 536 g/mol. The third-order valence-electron chi connectivity index (χ3n) is 7.46. The van der Waals surface area contributed by atoms with Crippen LogP contribution in [0.3, 0.4) is 0 Å². The van der Waals surface area contributed by atoms with E-state index in [0.29, 0.717) is 17.3 Å². The average Bonchev–Trinajstić information content (AvgIpc) is 3.36. The molecule has 0 aliphatic rings. The lowest BCUT2D eigenvalue weighted by atomic mass is 10.1. The molecule has 0 saturated carbocycles. The van der Waals surface area contributed by atoms with Crippen molar-refractivity contribution in [3.8, 4) is 5.69 Å². The predicted molar refractivity (Wildman–Crippen MR) is 169 cm³/mol. The smallest absolute Gasteiger partial charge is 0.220 e. The summed E-state index contributed by atoms with van der Waals surface area (Å²) >= 11 is 8.05. The number of nitrogens with zero attached hydrogens (tertiary/aromatic N) is 3. The van der Waals surface area contributed by atoms with Crippen LogP contribution >= 0.6 is 23.4 Å². The van der Waals surface area contributed by atoms with Crippen molar-refractivity contribution in [1.29, 1.82) is 0 Å². The number of carbonyl (C=O) groups excluding carboxylic acids is 1. The number of amides is 1. The van der Waals surface area contributed by atoms with E-state index in [0.717, 1.165) is 35.0 Å². The number of halogens is 1. The van der Waals surface area contributed by atoms with Gasteiger partial charge < -0.3 is 5.32 Å². The van der Waals surface area contributed by atoms with Crippen LogP contribution in [0.5, 0.6) is 0 Å². The first kappa shape index (κ1) is 32.2. The summed E-state index contributed by atoms with van der Waals surface area (Å²) in [4.78, 5) is 12.8. The second kappa shape index (κ2) is 17.5. The molecule has 0 fully saturated rings. The molecule has 3 rings (SSSR count). The van der Waals surface area contributed by atoms with E-state index in [1.807, 2.05) is 25.1 Å². The molecule has 1 unspecified atom stereocenters. The van der Waals surface area contributed by atoms with E-state index in [2.05, 4.69) is 65.1 Å². The van der Waals surface area contributed by atoms with Crippen molar-refractivity contribution >= 4 is 29.3 Å². The van der Waals surface area contributed by atoms with Crippen molar-refractivity contribution in [3.63, 3.8) is 0 Å². The Balaban J connectivity index is 1.56. The number of aryl methyl sites for hydroxylation is 2. The van der Waals surface area contributed by atoms with E-state index in [-0.39, 0.29) is 11.9 Å². The van der Waals surface area contributed by atoms with Gasteiger partial charge in [0.1, 0.15) is 0 Å². The molecule has 7 heteroatoms. The molecule has 2 aromatic carbocycles. The zero-order chi connectivity index (χ0) is 28.7. The molecule has 0 spiro atoms. The Morgan fingerprint density at radius 1 is 0.900 bits per heavy atom. The van der Waals surface area contributed by atoms with Gasteiger partial charge in [-0.3, -0.25) is 9.36 Å². The first-order chi connectivity index (χ1) is 19.4. The Labute approximate surface area is 250 Å². The highest BCUT2D eigenvalue weighted by Crippen LogP contribution is 2.31. The van der Waals surface area contributed by atoms with Crippen molar-refractivity contribution in [2.75, 3.05) is 0 Å². The third-order valence-corrected chi connectivity index (χ3v) is 8.67. The van der Waals surface area contributed by atoms with E-state index >= 15 is 0 Å². The number of nitrogens with one attached hydrogen (secondary N) is 1. The molecule has 5 nitrogen and oxygen atoms in total. The van der Waals surface area contributed by atoms with Gasteiger partial charge >= 0.3 is 0 Å². The first-order valence-electron chi connectivity index (χ1n) is 15.1.